The fraction of sp³-hybridized carbons (Fsp3) is 0.444. The molecule has 0 spiro atoms. The molecular formula is C18H27ClN2O2S. The van der Waals surface area contributed by atoms with E-state index in [9.17, 15) is 8.42 Å². The number of sulfonamides is 1. The van der Waals surface area contributed by atoms with Gasteiger partial charge in [-0.25, -0.2) is 13.1 Å². The third-order valence-corrected chi connectivity index (χ3v) is 5.48. The Kier molecular flexibility index (Phi) is 7.67. The number of hydrogen-bond donors (Lipinski definition) is 1. The van der Waals surface area contributed by atoms with E-state index in [1.807, 2.05) is 30.3 Å². The van der Waals surface area contributed by atoms with Gasteiger partial charge in [0, 0.05) is 25.2 Å². The molecule has 0 aliphatic heterocycles. The maximum Gasteiger partial charge on any atom is 0.240 e. The SMILES string of the molecule is CC(C)N(CCNS(=O)(=O)c1ccc2ccccc2c1)C(C)C.Cl. The van der Waals surface area contributed by atoms with Crippen LogP contribution in [0.5, 0.6) is 0 Å². The Labute approximate surface area is 151 Å². The highest BCUT2D eigenvalue weighted by atomic mass is 35.5. The molecule has 0 saturated carbocycles. The summed E-state index contributed by atoms with van der Waals surface area (Å²) < 4.78 is 27.6. The Morgan fingerprint density at radius 1 is 0.958 bits per heavy atom. The van der Waals surface area contributed by atoms with Gasteiger partial charge < -0.3 is 0 Å². The summed E-state index contributed by atoms with van der Waals surface area (Å²) in [5, 5.41) is 1.97. The van der Waals surface area contributed by atoms with E-state index in [4.69, 9.17) is 0 Å². The molecule has 0 heterocycles. The van der Waals surface area contributed by atoms with Gasteiger partial charge in [0.15, 0.2) is 0 Å². The lowest BCUT2D eigenvalue weighted by Gasteiger charge is -2.30. The van der Waals surface area contributed by atoms with Crippen LogP contribution >= 0.6 is 12.4 Å². The predicted molar refractivity (Wildman–Crippen MR) is 103 cm³/mol. The number of hydrogen-bond acceptors (Lipinski definition) is 3. The van der Waals surface area contributed by atoms with Crippen molar-refractivity contribution < 1.29 is 8.42 Å². The van der Waals surface area contributed by atoms with Gasteiger partial charge in [-0.2, -0.15) is 0 Å². The normalized spacial score (nSPS) is 12.1. The smallest absolute Gasteiger partial charge is 0.240 e. The van der Waals surface area contributed by atoms with Crippen LogP contribution in [0.2, 0.25) is 0 Å². The molecule has 0 amide bonds. The Morgan fingerprint density at radius 2 is 1.54 bits per heavy atom. The standard InChI is InChI=1S/C18H26N2O2S.ClH/c1-14(2)20(15(3)4)12-11-19-23(21,22)18-10-9-16-7-5-6-8-17(16)13-18;/h5-10,13-15,19H,11-12H2,1-4H3;1H. The van der Waals surface area contributed by atoms with Crippen molar-refractivity contribution in [2.75, 3.05) is 13.1 Å². The number of nitrogens with zero attached hydrogens (tertiary/aromatic N) is 1. The molecule has 2 aromatic rings. The molecule has 0 aromatic heterocycles. The van der Waals surface area contributed by atoms with Gasteiger partial charge in [0.25, 0.3) is 0 Å². The lowest BCUT2D eigenvalue weighted by molar-refractivity contribution is 0.179. The molecule has 0 atom stereocenters. The van der Waals surface area contributed by atoms with E-state index in [2.05, 4.69) is 37.3 Å². The summed E-state index contributed by atoms with van der Waals surface area (Å²) in [6, 6.07) is 13.8. The van der Waals surface area contributed by atoms with E-state index >= 15 is 0 Å². The number of rotatable bonds is 7. The van der Waals surface area contributed by atoms with Gasteiger partial charge in [-0.05, 0) is 50.6 Å². The van der Waals surface area contributed by atoms with Gasteiger partial charge >= 0.3 is 0 Å². The van der Waals surface area contributed by atoms with Gasteiger partial charge in [0.2, 0.25) is 10.0 Å². The zero-order chi connectivity index (χ0) is 17.0. The molecule has 6 heteroatoms. The molecule has 24 heavy (non-hydrogen) atoms. The number of fused-ring (bicyclic) bond motifs is 1. The van der Waals surface area contributed by atoms with Crippen LogP contribution in [-0.2, 0) is 10.0 Å². The van der Waals surface area contributed by atoms with Gasteiger partial charge in [-0.1, -0.05) is 30.3 Å². The molecule has 0 saturated heterocycles. The molecule has 0 aliphatic rings. The quantitative estimate of drug-likeness (QED) is 0.809. The molecule has 4 nitrogen and oxygen atoms in total. The summed E-state index contributed by atoms with van der Waals surface area (Å²) in [5.74, 6) is 0. The van der Waals surface area contributed by atoms with Crippen LogP contribution in [0.15, 0.2) is 47.4 Å². The predicted octanol–water partition coefficient (Wildman–Crippen LogP) is 3.66. The Morgan fingerprint density at radius 3 is 2.12 bits per heavy atom. The summed E-state index contributed by atoms with van der Waals surface area (Å²) in [6.07, 6.45) is 0. The maximum absolute atomic E-state index is 12.5. The number of benzene rings is 2. The van der Waals surface area contributed by atoms with E-state index in [-0.39, 0.29) is 12.4 Å². The second-order valence-electron chi connectivity index (χ2n) is 6.33. The first-order valence-electron chi connectivity index (χ1n) is 8.05. The van der Waals surface area contributed by atoms with Gasteiger partial charge in [-0.15, -0.1) is 12.4 Å². The van der Waals surface area contributed by atoms with E-state index in [1.165, 1.54) is 0 Å². The second-order valence-corrected chi connectivity index (χ2v) is 8.10. The highest BCUT2D eigenvalue weighted by molar-refractivity contribution is 7.89. The molecule has 0 radical (unpaired) electrons. The van der Waals surface area contributed by atoms with Crippen LogP contribution in [0.3, 0.4) is 0 Å². The van der Waals surface area contributed by atoms with Crippen molar-refractivity contribution in [3.63, 3.8) is 0 Å². The molecule has 1 N–H and O–H groups in total. The van der Waals surface area contributed by atoms with Gasteiger partial charge in [-0.3, -0.25) is 4.90 Å². The molecule has 0 fully saturated rings. The Balaban J connectivity index is 0.00000288. The number of halogens is 1. The zero-order valence-electron chi connectivity index (χ0n) is 14.7. The van der Waals surface area contributed by atoms with Crippen molar-refractivity contribution in [3.8, 4) is 0 Å². The first kappa shape index (κ1) is 20.9. The van der Waals surface area contributed by atoms with E-state index < -0.39 is 10.0 Å². The highest BCUT2D eigenvalue weighted by Crippen LogP contribution is 2.18. The third-order valence-electron chi connectivity index (χ3n) is 4.02. The van der Waals surface area contributed by atoms with Crippen molar-refractivity contribution in [1.29, 1.82) is 0 Å². The van der Waals surface area contributed by atoms with Crippen LogP contribution in [0.1, 0.15) is 27.7 Å². The van der Waals surface area contributed by atoms with E-state index in [0.717, 1.165) is 10.8 Å². The first-order chi connectivity index (χ1) is 10.8. The lowest BCUT2D eigenvalue weighted by Crippen LogP contribution is -2.42. The average molecular weight is 371 g/mol. The minimum absolute atomic E-state index is 0. The maximum atomic E-state index is 12.5. The fourth-order valence-electron chi connectivity index (χ4n) is 2.84. The molecule has 134 valence electrons. The molecular weight excluding hydrogens is 344 g/mol. The van der Waals surface area contributed by atoms with Gasteiger partial charge in [0.1, 0.15) is 0 Å². The monoisotopic (exact) mass is 370 g/mol. The lowest BCUT2D eigenvalue weighted by atomic mass is 10.1. The molecule has 2 aromatic carbocycles. The molecule has 0 bridgehead atoms. The summed E-state index contributed by atoms with van der Waals surface area (Å²) in [6.45, 7) is 9.60. The summed E-state index contributed by atoms with van der Waals surface area (Å²) >= 11 is 0. The summed E-state index contributed by atoms with van der Waals surface area (Å²) in [4.78, 5) is 2.58. The highest BCUT2D eigenvalue weighted by Gasteiger charge is 2.17. The minimum atomic E-state index is -3.48. The van der Waals surface area contributed by atoms with Gasteiger partial charge in [0.05, 0.1) is 4.90 Å². The summed E-state index contributed by atoms with van der Waals surface area (Å²) in [7, 11) is -3.48. The second kappa shape index (κ2) is 8.81. The minimum Gasteiger partial charge on any atom is -0.297 e. The molecule has 0 unspecified atom stereocenters. The summed E-state index contributed by atoms with van der Waals surface area (Å²) in [5.41, 5.74) is 0. The van der Waals surface area contributed by atoms with Crippen LogP contribution in [0.4, 0.5) is 0 Å². The Bertz CT molecular complexity index is 752. The fourth-order valence-corrected chi connectivity index (χ4v) is 3.90. The van der Waals surface area contributed by atoms with Crippen molar-refractivity contribution >= 4 is 33.2 Å². The molecule has 2 rings (SSSR count). The van der Waals surface area contributed by atoms with Crippen molar-refractivity contribution in [2.45, 2.75) is 44.7 Å². The molecule has 0 aliphatic carbocycles. The van der Waals surface area contributed by atoms with Crippen molar-refractivity contribution in [2.24, 2.45) is 0 Å². The van der Waals surface area contributed by atoms with E-state index in [1.54, 1.807) is 12.1 Å². The first-order valence-corrected chi connectivity index (χ1v) is 9.54. The average Bonchev–Trinajstić information content (AvgIpc) is 2.50. The van der Waals surface area contributed by atoms with Crippen LogP contribution in [0.25, 0.3) is 10.8 Å². The van der Waals surface area contributed by atoms with E-state index in [0.29, 0.717) is 30.1 Å². The van der Waals surface area contributed by atoms with Crippen molar-refractivity contribution in [1.82, 2.24) is 9.62 Å². The topological polar surface area (TPSA) is 49.4 Å². The van der Waals surface area contributed by atoms with Crippen LogP contribution in [-0.4, -0.2) is 38.5 Å². The van der Waals surface area contributed by atoms with Crippen molar-refractivity contribution in [3.05, 3.63) is 42.5 Å². The largest absolute Gasteiger partial charge is 0.297 e. The third kappa shape index (κ3) is 5.18. The Hall–Kier alpha value is -1.14. The number of nitrogens with one attached hydrogen (secondary N) is 1. The zero-order valence-corrected chi connectivity index (χ0v) is 16.3. The van der Waals surface area contributed by atoms with Crippen LogP contribution in [0, 0.1) is 0 Å². The van der Waals surface area contributed by atoms with Crippen LogP contribution < -0.4 is 4.72 Å².